The van der Waals surface area contributed by atoms with Crippen molar-refractivity contribution in [2.75, 3.05) is 13.2 Å². The molecule has 9 nitrogen and oxygen atoms in total. The number of imide groups is 1. The molecule has 0 aromatic heterocycles. The fourth-order valence-electron chi connectivity index (χ4n) is 3.11. The molecule has 1 N–H and O–H groups in total. The number of benzene rings is 2. The molecule has 0 radical (unpaired) electrons. The monoisotopic (exact) mass is 397 g/mol. The smallest absolute Gasteiger partial charge is 0.282 e. The maximum atomic E-state index is 12.6. The number of para-hydroxylation sites is 1. The van der Waals surface area contributed by atoms with Gasteiger partial charge in [-0.15, -0.1) is 0 Å². The number of amides is 3. The van der Waals surface area contributed by atoms with Crippen molar-refractivity contribution in [3.05, 3.63) is 69.3 Å². The van der Waals surface area contributed by atoms with E-state index >= 15 is 0 Å². The Morgan fingerprint density at radius 2 is 1.90 bits per heavy atom. The standard InChI is InChI=1S/C20H19N3O6/c1-12-6-3-4-9-16(12)29-11-10-21-18(24)13(2)22-19(25)14-7-5-8-15(23(27)28)17(14)20(22)26/h3-9,13H,10-11H2,1-2H3,(H,21,24). The predicted octanol–water partition coefficient (Wildman–Crippen LogP) is 2.08. The number of nitrogens with zero attached hydrogens (tertiary/aromatic N) is 2. The molecule has 3 rings (SSSR count). The van der Waals surface area contributed by atoms with Gasteiger partial charge in [-0.25, -0.2) is 0 Å². The summed E-state index contributed by atoms with van der Waals surface area (Å²) in [6.45, 7) is 3.67. The van der Waals surface area contributed by atoms with Crippen LogP contribution in [0.15, 0.2) is 42.5 Å². The summed E-state index contributed by atoms with van der Waals surface area (Å²) in [5, 5.41) is 13.8. The largest absolute Gasteiger partial charge is 0.491 e. The molecule has 1 atom stereocenters. The maximum Gasteiger partial charge on any atom is 0.282 e. The Hall–Kier alpha value is -3.75. The normalized spacial score (nSPS) is 13.8. The molecule has 0 saturated heterocycles. The van der Waals surface area contributed by atoms with Crippen LogP contribution in [-0.4, -0.2) is 46.7 Å². The van der Waals surface area contributed by atoms with E-state index in [4.69, 9.17) is 4.74 Å². The quantitative estimate of drug-likeness (QED) is 0.331. The zero-order valence-electron chi connectivity index (χ0n) is 15.9. The minimum atomic E-state index is -1.12. The van der Waals surface area contributed by atoms with E-state index in [-0.39, 0.29) is 24.3 Å². The van der Waals surface area contributed by atoms with Crippen LogP contribution in [-0.2, 0) is 4.79 Å². The number of ether oxygens (including phenoxy) is 1. The van der Waals surface area contributed by atoms with Gasteiger partial charge in [0.2, 0.25) is 5.91 Å². The molecule has 0 aliphatic carbocycles. The molecule has 1 aliphatic heterocycles. The van der Waals surface area contributed by atoms with Gasteiger partial charge in [-0.1, -0.05) is 24.3 Å². The third kappa shape index (κ3) is 3.79. The van der Waals surface area contributed by atoms with Gasteiger partial charge in [-0.05, 0) is 31.5 Å². The van der Waals surface area contributed by atoms with Crippen LogP contribution in [0.5, 0.6) is 5.75 Å². The molecule has 2 aromatic rings. The fraction of sp³-hybridized carbons (Fsp3) is 0.250. The number of carbonyl (C=O) groups excluding carboxylic acids is 3. The van der Waals surface area contributed by atoms with Crippen LogP contribution < -0.4 is 10.1 Å². The minimum Gasteiger partial charge on any atom is -0.491 e. The molecule has 0 fully saturated rings. The van der Waals surface area contributed by atoms with Gasteiger partial charge >= 0.3 is 0 Å². The third-order valence-corrected chi connectivity index (χ3v) is 4.64. The van der Waals surface area contributed by atoms with E-state index in [1.54, 1.807) is 0 Å². The summed E-state index contributed by atoms with van der Waals surface area (Å²) in [6, 6.07) is 10.1. The predicted molar refractivity (Wildman–Crippen MR) is 103 cm³/mol. The molecule has 1 heterocycles. The van der Waals surface area contributed by atoms with E-state index in [2.05, 4.69) is 5.32 Å². The van der Waals surface area contributed by atoms with E-state index in [0.29, 0.717) is 5.75 Å². The van der Waals surface area contributed by atoms with E-state index in [9.17, 15) is 24.5 Å². The first kappa shape index (κ1) is 20.0. The van der Waals surface area contributed by atoms with Gasteiger partial charge in [0.1, 0.15) is 24.0 Å². The van der Waals surface area contributed by atoms with Crippen molar-refractivity contribution in [2.45, 2.75) is 19.9 Å². The number of hydrogen-bond acceptors (Lipinski definition) is 6. The van der Waals surface area contributed by atoms with Crippen molar-refractivity contribution in [2.24, 2.45) is 0 Å². The number of nitro benzene ring substituents is 1. The van der Waals surface area contributed by atoms with Crippen LogP contribution in [0.25, 0.3) is 0 Å². The average molecular weight is 397 g/mol. The van der Waals surface area contributed by atoms with Gasteiger partial charge in [-0.3, -0.25) is 29.4 Å². The van der Waals surface area contributed by atoms with E-state index in [1.807, 2.05) is 31.2 Å². The van der Waals surface area contributed by atoms with Gasteiger partial charge in [0.15, 0.2) is 0 Å². The van der Waals surface area contributed by atoms with Gasteiger partial charge < -0.3 is 10.1 Å². The number of nitrogens with one attached hydrogen (secondary N) is 1. The minimum absolute atomic E-state index is 0.0771. The molecule has 1 unspecified atom stereocenters. The summed E-state index contributed by atoms with van der Waals surface area (Å²) >= 11 is 0. The van der Waals surface area contributed by atoms with Gasteiger partial charge in [-0.2, -0.15) is 0 Å². The van der Waals surface area contributed by atoms with Crippen LogP contribution in [0.4, 0.5) is 5.69 Å². The third-order valence-electron chi connectivity index (χ3n) is 4.64. The number of nitro groups is 1. The van der Waals surface area contributed by atoms with Crippen LogP contribution >= 0.6 is 0 Å². The summed E-state index contributed by atoms with van der Waals surface area (Å²) in [7, 11) is 0. The Morgan fingerprint density at radius 1 is 1.17 bits per heavy atom. The van der Waals surface area contributed by atoms with Crippen molar-refractivity contribution in [1.82, 2.24) is 10.2 Å². The maximum absolute atomic E-state index is 12.6. The molecular formula is C20H19N3O6. The van der Waals surface area contributed by atoms with Crippen molar-refractivity contribution in [3.63, 3.8) is 0 Å². The number of hydrogen-bond donors (Lipinski definition) is 1. The lowest BCUT2D eigenvalue weighted by atomic mass is 10.1. The second kappa shape index (κ2) is 8.09. The lowest BCUT2D eigenvalue weighted by Crippen LogP contribution is -2.48. The molecular weight excluding hydrogens is 378 g/mol. The molecule has 0 spiro atoms. The first-order valence-corrected chi connectivity index (χ1v) is 8.94. The summed E-state index contributed by atoms with van der Waals surface area (Å²) in [4.78, 5) is 48.8. The number of aryl methyl sites for hydroxylation is 1. The number of fused-ring (bicyclic) bond motifs is 1. The first-order chi connectivity index (χ1) is 13.8. The molecule has 150 valence electrons. The SMILES string of the molecule is Cc1ccccc1OCCNC(=O)C(C)N1C(=O)c2cccc([N+](=O)[O-])c2C1=O. The van der Waals surface area contributed by atoms with Crippen LogP contribution in [0.1, 0.15) is 33.2 Å². The van der Waals surface area contributed by atoms with E-state index in [0.717, 1.165) is 16.5 Å². The van der Waals surface area contributed by atoms with E-state index in [1.165, 1.54) is 19.1 Å². The van der Waals surface area contributed by atoms with Crippen molar-refractivity contribution < 1.29 is 24.0 Å². The number of carbonyl (C=O) groups is 3. The lowest BCUT2D eigenvalue weighted by molar-refractivity contribution is -0.385. The van der Waals surface area contributed by atoms with Crippen LogP contribution in [0.3, 0.4) is 0 Å². The summed E-state index contributed by atoms with van der Waals surface area (Å²) < 4.78 is 5.59. The highest BCUT2D eigenvalue weighted by molar-refractivity contribution is 6.24. The Morgan fingerprint density at radius 3 is 2.59 bits per heavy atom. The van der Waals surface area contributed by atoms with Gasteiger partial charge in [0.05, 0.1) is 17.0 Å². The van der Waals surface area contributed by atoms with Gasteiger partial charge in [0, 0.05) is 6.07 Å². The highest BCUT2D eigenvalue weighted by Crippen LogP contribution is 2.31. The molecule has 1 aliphatic rings. The Balaban J connectivity index is 1.63. The molecule has 0 saturated carbocycles. The Labute approximate surface area is 166 Å². The fourth-order valence-corrected chi connectivity index (χ4v) is 3.11. The zero-order valence-corrected chi connectivity index (χ0v) is 15.9. The van der Waals surface area contributed by atoms with Crippen molar-refractivity contribution in [3.8, 4) is 5.75 Å². The first-order valence-electron chi connectivity index (χ1n) is 8.94. The van der Waals surface area contributed by atoms with Crippen LogP contribution in [0.2, 0.25) is 0 Å². The Kier molecular flexibility index (Phi) is 5.58. The number of rotatable bonds is 7. The molecule has 9 heteroatoms. The molecule has 2 aromatic carbocycles. The summed E-state index contributed by atoms with van der Waals surface area (Å²) in [5.41, 5.74) is 0.138. The average Bonchev–Trinajstić information content (AvgIpc) is 2.96. The molecule has 29 heavy (non-hydrogen) atoms. The van der Waals surface area contributed by atoms with Crippen LogP contribution in [0, 0.1) is 17.0 Å². The van der Waals surface area contributed by atoms with Crippen molar-refractivity contribution in [1.29, 1.82) is 0 Å². The lowest BCUT2D eigenvalue weighted by Gasteiger charge is -2.21. The highest BCUT2D eigenvalue weighted by atomic mass is 16.6. The summed E-state index contributed by atoms with van der Waals surface area (Å²) in [6.07, 6.45) is 0. The molecule has 3 amide bonds. The highest BCUT2D eigenvalue weighted by Gasteiger charge is 2.44. The van der Waals surface area contributed by atoms with Crippen molar-refractivity contribution >= 4 is 23.4 Å². The topological polar surface area (TPSA) is 119 Å². The van der Waals surface area contributed by atoms with E-state index < -0.39 is 34.4 Å². The second-order valence-electron chi connectivity index (χ2n) is 6.52. The molecule has 0 bridgehead atoms. The zero-order chi connectivity index (χ0) is 21.1. The van der Waals surface area contributed by atoms with Gasteiger partial charge in [0.25, 0.3) is 17.5 Å². The summed E-state index contributed by atoms with van der Waals surface area (Å²) in [5.74, 6) is -1.44. The second-order valence-corrected chi connectivity index (χ2v) is 6.52. The Bertz CT molecular complexity index is 1000.